The zero-order valence-electron chi connectivity index (χ0n) is 7.25. The van der Waals surface area contributed by atoms with Crippen molar-refractivity contribution in [2.45, 2.75) is 12.3 Å². The topological polar surface area (TPSA) is 80.4 Å². The summed E-state index contributed by atoms with van der Waals surface area (Å²) in [5, 5.41) is 20.7. The summed E-state index contributed by atoms with van der Waals surface area (Å²) in [5.41, 5.74) is 0. The van der Waals surface area contributed by atoms with Crippen LogP contribution in [0.2, 0.25) is 0 Å². The maximum absolute atomic E-state index is 10.5. The lowest BCUT2D eigenvalue weighted by atomic mass is 10.0. The van der Waals surface area contributed by atoms with E-state index in [1.54, 1.807) is 17.5 Å². The maximum Gasteiger partial charge on any atom is 0.304 e. The van der Waals surface area contributed by atoms with Crippen molar-refractivity contribution in [2.75, 3.05) is 6.54 Å². The van der Waals surface area contributed by atoms with Crippen LogP contribution in [0.15, 0.2) is 17.5 Å². The quantitative estimate of drug-likeness (QED) is 0.597. The number of hydrogen-bond donors (Lipinski definition) is 1. The predicted octanol–water partition coefficient (Wildman–Crippen LogP) is 1.58. The third-order valence-corrected chi connectivity index (χ3v) is 2.77. The van der Waals surface area contributed by atoms with E-state index in [9.17, 15) is 14.9 Å². The number of hydrogen-bond acceptors (Lipinski definition) is 4. The van der Waals surface area contributed by atoms with Gasteiger partial charge in [-0.05, 0) is 11.4 Å². The van der Waals surface area contributed by atoms with Gasteiger partial charge in [0.1, 0.15) is 0 Å². The Kier molecular flexibility index (Phi) is 3.58. The lowest BCUT2D eigenvalue weighted by molar-refractivity contribution is -0.483. The van der Waals surface area contributed by atoms with Gasteiger partial charge in [0, 0.05) is 9.80 Å². The van der Waals surface area contributed by atoms with E-state index in [0.29, 0.717) is 0 Å². The third-order valence-electron chi connectivity index (χ3n) is 1.74. The van der Waals surface area contributed by atoms with E-state index >= 15 is 0 Å². The van der Waals surface area contributed by atoms with Gasteiger partial charge in [-0.2, -0.15) is 0 Å². The summed E-state index contributed by atoms with van der Waals surface area (Å²) in [7, 11) is 0. The molecule has 0 saturated heterocycles. The molecule has 1 unspecified atom stereocenters. The van der Waals surface area contributed by atoms with Crippen molar-refractivity contribution >= 4 is 17.3 Å². The fourth-order valence-electron chi connectivity index (χ4n) is 1.17. The second kappa shape index (κ2) is 4.71. The molecule has 0 saturated carbocycles. The summed E-state index contributed by atoms with van der Waals surface area (Å²) in [5.74, 6) is -1.52. The molecule has 0 spiro atoms. The molecular formula is C8H9NO4S. The Hall–Kier alpha value is -1.43. The molecule has 1 rings (SSSR count). The molecule has 6 heteroatoms. The van der Waals surface area contributed by atoms with Crippen LogP contribution in [0.1, 0.15) is 17.2 Å². The summed E-state index contributed by atoms with van der Waals surface area (Å²) in [6, 6.07) is 3.48. The largest absolute Gasteiger partial charge is 0.481 e. The number of aliphatic carboxylic acids is 1. The van der Waals surface area contributed by atoms with Crippen molar-refractivity contribution in [3.63, 3.8) is 0 Å². The summed E-state index contributed by atoms with van der Waals surface area (Å²) in [6.07, 6.45) is -0.193. The van der Waals surface area contributed by atoms with Gasteiger partial charge in [0.05, 0.1) is 12.3 Å². The number of carboxylic acids is 1. The highest BCUT2D eigenvalue weighted by Gasteiger charge is 2.21. The van der Waals surface area contributed by atoms with Gasteiger partial charge < -0.3 is 5.11 Å². The molecule has 1 heterocycles. The van der Waals surface area contributed by atoms with Gasteiger partial charge in [0.25, 0.3) is 0 Å². The Morgan fingerprint density at radius 2 is 2.43 bits per heavy atom. The molecule has 0 aliphatic carbocycles. The van der Waals surface area contributed by atoms with E-state index in [4.69, 9.17) is 5.11 Å². The number of carbonyl (C=O) groups is 1. The molecule has 76 valence electrons. The Morgan fingerprint density at radius 1 is 1.71 bits per heavy atom. The second-order valence-corrected chi connectivity index (χ2v) is 3.80. The van der Waals surface area contributed by atoms with Gasteiger partial charge in [-0.15, -0.1) is 11.3 Å². The van der Waals surface area contributed by atoms with E-state index in [0.717, 1.165) is 4.88 Å². The number of thiophene rings is 1. The van der Waals surface area contributed by atoms with Crippen LogP contribution >= 0.6 is 11.3 Å². The van der Waals surface area contributed by atoms with Gasteiger partial charge in [0.2, 0.25) is 6.54 Å². The number of nitrogens with zero attached hydrogens (tertiary/aromatic N) is 1. The molecule has 0 bridgehead atoms. The molecule has 1 N–H and O–H groups in total. The first-order chi connectivity index (χ1) is 6.59. The summed E-state index contributed by atoms with van der Waals surface area (Å²) in [6.45, 7) is -0.327. The van der Waals surface area contributed by atoms with Crippen LogP contribution < -0.4 is 0 Å². The smallest absolute Gasteiger partial charge is 0.304 e. The molecule has 1 aromatic heterocycles. The highest BCUT2D eigenvalue weighted by Crippen LogP contribution is 2.24. The maximum atomic E-state index is 10.5. The molecule has 0 amide bonds. The van der Waals surface area contributed by atoms with Crippen molar-refractivity contribution in [1.82, 2.24) is 0 Å². The summed E-state index contributed by atoms with van der Waals surface area (Å²) >= 11 is 1.35. The molecule has 0 aliphatic heterocycles. The first-order valence-electron chi connectivity index (χ1n) is 3.96. The summed E-state index contributed by atoms with van der Waals surface area (Å²) in [4.78, 5) is 21.0. The molecule has 0 radical (unpaired) electrons. The monoisotopic (exact) mass is 215 g/mol. The number of nitro groups is 1. The van der Waals surface area contributed by atoms with Crippen LogP contribution in [-0.4, -0.2) is 22.5 Å². The molecule has 1 atom stereocenters. The predicted molar refractivity (Wildman–Crippen MR) is 51.2 cm³/mol. The lowest BCUT2D eigenvalue weighted by Gasteiger charge is -2.06. The van der Waals surface area contributed by atoms with Crippen molar-refractivity contribution in [1.29, 1.82) is 0 Å². The Labute approximate surface area is 84.1 Å². The zero-order chi connectivity index (χ0) is 10.6. The highest BCUT2D eigenvalue weighted by molar-refractivity contribution is 7.10. The highest BCUT2D eigenvalue weighted by atomic mass is 32.1. The van der Waals surface area contributed by atoms with Crippen LogP contribution in [0.4, 0.5) is 0 Å². The van der Waals surface area contributed by atoms with Crippen molar-refractivity contribution in [2.24, 2.45) is 0 Å². The molecule has 0 aromatic carbocycles. The molecule has 0 aliphatic rings. The van der Waals surface area contributed by atoms with Crippen LogP contribution in [0.25, 0.3) is 0 Å². The molecule has 14 heavy (non-hydrogen) atoms. The number of rotatable bonds is 5. The van der Waals surface area contributed by atoms with Crippen molar-refractivity contribution in [3.05, 3.63) is 32.5 Å². The fraction of sp³-hybridized carbons (Fsp3) is 0.375. The minimum absolute atomic E-state index is 0.193. The Balaban J connectivity index is 2.71. The molecule has 1 aromatic rings. The summed E-state index contributed by atoms with van der Waals surface area (Å²) < 4.78 is 0. The minimum atomic E-state index is -1.01. The fourth-order valence-corrected chi connectivity index (χ4v) is 1.99. The van der Waals surface area contributed by atoms with Crippen LogP contribution in [0, 0.1) is 10.1 Å². The second-order valence-electron chi connectivity index (χ2n) is 2.83. The number of carboxylic acid groups (broad SMARTS) is 1. The van der Waals surface area contributed by atoms with E-state index in [1.807, 2.05) is 0 Å². The van der Waals surface area contributed by atoms with Gasteiger partial charge in [-0.3, -0.25) is 14.9 Å². The van der Waals surface area contributed by atoms with Crippen LogP contribution in [0.5, 0.6) is 0 Å². The van der Waals surface area contributed by atoms with Crippen LogP contribution in [0.3, 0.4) is 0 Å². The zero-order valence-corrected chi connectivity index (χ0v) is 8.07. The molecular weight excluding hydrogens is 206 g/mol. The SMILES string of the molecule is O=C(O)CC(C[N+](=O)[O-])c1cccs1. The van der Waals surface area contributed by atoms with Gasteiger partial charge in [-0.1, -0.05) is 6.07 Å². The van der Waals surface area contributed by atoms with E-state index in [-0.39, 0.29) is 13.0 Å². The average molecular weight is 215 g/mol. The molecule has 5 nitrogen and oxygen atoms in total. The average Bonchev–Trinajstić information content (AvgIpc) is 2.52. The first kappa shape index (κ1) is 10.6. The van der Waals surface area contributed by atoms with Gasteiger partial charge in [-0.25, -0.2) is 0 Å². The Morgan fingerprint density at radius 3 is 2.86 bits per heavy atom. The van der Waals surface area contributed by atoms with Gasteiger partial charge in [0.15, 0.2) is 0 Å². The molecule has 0 fully saturated rings. The van der Waals surface area contributed by atoms with Crippen LogP contribution in [-0.2, 0) is 4.79 Å². The van der Waals surface area contributed by atoms with E-state index in [2.05, 4.69) is 0 Å². The third kappa shape index (κ3) is 3.14. The van der Waals surface area contributed by atoms with E-state index in [1.165, 1.54) is 11.3 Å². The standard InChI is InChI=1S/C8H9NO4S/c10-8(11)4-6(5-9(12)13)7-2-1-3-14-7/h1-3,6H,4-5H2,(H,10,11). The van der Waals surface area contributed by atoms with Crippen molar-refractivity contribution < 1.29 is 14.8 Å². The van der Waals surface area contributed by atoms with E-state index < -0.39 is 16.8 Å². The normalized spacial score (nSPS) is 12.3. The lowest BCUT2D eigenvalue weighted by Crippen LogP contribution is -2.15. The minimum Gasteiger partial charge on any atom is -0.481 e. The Bertz CT molecular complexity index is 306. The van der Waals surface area contributed by atoms with Crippen molar-refractivity contribution in [3.8, 4) is 0 Å². The van der Waals surface area contributed by atoms with Gasteiger partial charge >= 0.3 is 5.97 Å². The first-order valence-corrected chi connectivity index (χ1v) is 4.84.